The van der Waals surface area contributed by atoms with Crippen molar-refractivity contribution in [3.05, 3.63) is 29.3 Å². The lowest BCUT2D eigenvalue weighted by molar-refractivity contribution is -0.137. The first-order valence-electron chi connectivity index (χ1n) is 5.79. The Morgan fingerprint density at radius 1 is 1.19 bits per heavy atom. The smallest absolute Gasteiger partial charge is 0.368 e. The van der Waals surface area contributed by atoms with Gasteiger partial charge in [0.25, 0.3) is 5.91 Å². The SMILES string of the molecule is CC(C)(NC(=O)c1cc(C(F)(F)F)ccc1NN)C(N)=O. The van der Waals surface area contributed by atoms with Crippen LogP contribution in [-0.2, 0) is 11.0 Å². The number of nitrogens with two attached hydrogens (primary N) is 2. The van der Waals surface area contributed by atoms with Crippen LogP contribution in [0.2, 0.25) is 0 Å². The summed E-state index contributed by atoms with van der Waals surface area (Å²) in [6.07, 6.45) is -4.61. The zero-order valence-corrected chi connectivity index (χ0v) is 11.3. The van der Waals surface area contributed by atoms with Crippen LogP contribution < -0.4 is 22.3 Å². The van der Waals surface area contributed by atoms with Gasteiger partial charge in [-0.15, -0.1) is 0 Å². The molecule has 0 unspecified atom stereocenters. The Labute approximate surface area is 118 Å². The minimum Gasteiger partial charge on any atom is -0.368 e. The van der Waals surface area contributed by atoms with Crippen LogP contribution >= 0.6 is 0 Å². The number of carbonyl (C=O) groups is 2. The summed E-state index contributed by atoms with van der Waals surface area (Å²) in [5.41, 5.74) is 4.43. The number of nitrogens with one attached hydrogen (secondary N) is 2. The van der Waals surface area contributed by atoms with Gasteiger partial charge in [0.1, 0.15) is 5.54 Å². The van der Waals surface area contributed by atoms with Crippen molar-refractivity contribution in [1.29, 1.82) is 0 Å². The molecule has 116 valence electrons. The van der Waals surface area contributed by atoms with Crippen LogP contribution in [0, 0.1) is 0 Å². The van der Waals surface area contributed by atoms with E-state index >= 15 is 0 Å². The van der Waals surface area contributed by atoms with Gasteiger partial charge in [-0.05, 0) is 32.0 Å². The second kappa shape index (κ2) is 5.60. The Morgan fingerprint density at radius 2 is 1.76 bits per heavy atom. The number of hydrogen-bond acceptors (Lipinski definition) is 4. The highest BCUT2D eigenvalue weighted by molar-refractivity contribution is 6.02. The van der Waals surface area contributed by atoms with Crippen LogP contribution in [0.5, 0.6) is 0 Å². The van der Waals surface area contributed by atoms with Gasteiger partial charge in [0, 0.05) is 0 Å². The van der Waals surface area contributed by atoms with E-state index in [9.17, 15) is 22.8 Å². The van der Waals surface area contributed by atoms with Crippen LogP contribution in [0.3, 0.4) is 0 Å². The molecule has 0 spiro atoms. The summed E-state index contributed by atoms with van der Waals surface area (Å²) < 4.78 is 38.0. The monoisotopic (exact) mass is 304 g/mol. The Hall–Kier alpha value is -2.29. The van der Waals surface area contributed by atoms with E-state index in [4.69, 9.17) is 11.6 Å². The first-order chi connectivity index (χ1) is 9.49. The van der Waals surface area contributed by atoms with Gasteiger partial charge < -0.3 is 16.5 Å². The van der Waals surface area contributed by atoms with Crippen LogP contribution in [0.15, 0.2) is 18.2 Å². The number of halogens is 3. The van der Waals surface area contributed by atoms with Gasteiger partial charge in [-0.1, -0.05) is 0 Å². The molecule has 2 amide bonds. The molecule has 0 saturated carbocycles. The lowest BCUT2D eigenvalue weighted by Crippen LogP contribution is -2.53. The lowest BCUT2D eigenvalue weighted by Gasteiger charge is -2.23. The Kier molecular flexibility index (Phi) is 4.47. The number of carbonyl (C=O) groups excluding carboxylic acids is 2. The first-order valence-corrected chi connectivity index (χ1v) is 5.79. The van der Waals surface area contributed by atoms with Gasteiger partial charge in [0.15, 0.2) is 0 Å². The van der Waals surface area contributed by atoms with Crippen molar-refractivity contribution < 1.29 is 22.8 Å². The van der Waals surface area contributed by atoms with E-state index in [2.05, 4.69) is 10.7 Å². The molecule has 1 aromatic rings. The zero-order chi connectivity index (χ0) is 16.4. The highest BCUT2D eigenvalue weighted by Gasteiger charge is 2.33. The summed E-state index contributed by atoms with van der Waals surface area (Å²) in [5, 5.41) is 2.25. The molecule has 0 fully saturated rings. The normalized spacial score (nSPS) is 11.9. The minimum absolute atomic E-state index is 0.0132. The largest absolute Gasteiger partial charge is 0.416 e. The van der Waals surface area contributed by atoms with Crippen molar-refractivity contribution in [1.82, 2.24) is 5.32 Å². The van der Waals surface area contributed by atoms with Crippen LogP contribution in [-0.4, -0.2) is 17.4 Å². The van der Waals surface area contributed by atoms with E-state index in [1.807, 2.05) is 0 Å². The van der Waals surface area contributed by atoms with E-state index in [-0.39, 0.29) is 11.3 Å². The number of benzene rings is 1. The quantitative estimate of drug-likeness (QED) is 0.491. The van der Waals surface area contributed by atoms with Crippen molar-refractivity contribution in [3.8, 4) is 0 Å². The molecule has 0 radical (unpaired) electrons. The van der Waals surface area contributed by atoms with E-state index in [0.717, 1.165) is 12.1 Å². The van der Waals surface area contributed by atoms with Gasteiger partial charge in [0.2, 0.25) is 5.91 Å². The van der Waals surface area contributed by atoms with E-state index < -0.39 is 29.1 Å². The average Bonchev–Trinajstić information content (AvgIpc) is 2.36. The molecule has 6 nitrogen and oxygen atoms in total. The maximum absolute atomic E-state index is 12.7. The highest BCUT2D eigenvalue weighted by Crippen LogP contribution is 2.31. The minimum atomic E-state index is -4.61. The molecule has 0 saturated heterocycles. The molecule has 0 bridgehead atoms. The second-order valence-electron chi connectivity index (χ2n) is 4.85. The fourth-order valence-corrected chi connectivity index (χ4v) is 1.45. The molecule has 1 rings (SSSR count). The molecular formula is C12H15F3N4O2. The molecule has 6 N–H and O–H groups in total. The standard InChI is InChI=1S/C12H15F3N4O2/c1-11(2,10(16)21)18-9(20)7-5-6(12(13,14)15)3-4-8(7)19-17/h3-5,19H,17H2,1-2H3,(H2,16,21)(H,18,20). The number of anilines is 1. The maximum atomic E-state index is 12.7. The number of primary amides is 1. The van der Waals surface area contributed by atoms with Gasteiger partial charge in [-0.3, -0.25) is 15.4 Å². The Bertz CT molecular complexity index is 570. The number of amides is 2. The van der Waals surface area contributed by atoms with Crippen molar-refractivity contribution >= 4 is 17.5 Å². The summed E-state index contributed by atoms with van der Waals surface area (Å²) in [7, 11) is 0. The van der Waals surface area contributed by atoms with E-state index in [1.54, 1.807) is 0 Å². The number of rotatable bonds is 4. The predicted octanol–water partition coefficient (Wildman–Crippen LogP) is 0.985. The van der Waals surface area contributed by atoms with Crippen molar-refractivity contribution in [3.63, 3.8) is 0 Å². The third kappa shape index (κ3) is 3.85. The third-order valence-electron chi connectivity index (χ3n) is 2.79. The van der Waals surface area contributed by atoms with Gasteiger partial charge in [-0.2, -0.15) is 13.2 Å². The Balaban J connectivity index is 3.21. The number of nitrogen functional groups attached to an aromatic ring is 1. The predicted molar refractivity (Wildman–Crippen MR) is 70.0 cm³/mol. The number of hydrazine groups is 1. The van der Waals surface area contributed by atoms with Crippen molar-refractivity contribution in [2.24, 2.45) is 11.6 Å². The number of hydrogen-bond donors (Lipinski definition) is 4. The molecule has 0 atom stereocenters. The summed E-state index contributed by atoms with van der Waals surface area (Å²) >= 11 is 0. The molecule has 0 aliphatic carbocycles. The van der Waals surface area contributed by atoms with Gasteiger partial charge in [-0.25, -0.2) is 0 Å². The van der Waals surface area contributed by atoms with Gasteiger partial charge >= 0.3 is 6.18 Å². The highest BCUT2D eigenvalue weighted by atomic mass is 19.4. The summed E-state index contributed by atoms with van der Waals surface area (Å²) in [4.78, 5) is 23.2. The molecule has 1 aromatic carbocycles. The van der Waals surface area contributed by atoms with Crippen LogP contribution in [0.1, 0.15) is 29.8 Å². The van der Waals surface area contributed by atoms with Crippen molar-refractivity contribution in [2.45, 2.75) is 25.6 Å². The van der Waals surface area contributed by atoms with E-state index in [1.165, 1.54) is 13.8 Å². The van der Waals surface area contributed by atoms with Crippen LogP contribution in [0.25, 0.3) is 0 Å². The molecule has 9 heteroatoms. The summed E-state index contributed by atoms with van der Waals surface area (Å²) in [6.45, 7) is 2.66. The average molecular weight is 304 g/mol. The van der Waals surface area contributed by atoms with Crippen LogP contribution in [0.4, 0.5) is 18.9 Å². The first kappa shape index (κ1) is 16.8. The topological polar surface area (TPSA) is 110 Å². The fraction of sp³-hybridized carbons (Fsp3) is 0.333. The molecule has 0 aromatic heterocycles. The lowest BCUT2D eigenvalue weighted by atomic mass is 10.0. The zero-order valence-electron chi connectivity index (χ0n) is 11.3. The molecule has 0 heterocycles. The summed E-state index contributed by atoms with van der Waals surface area (Å²) in [5.74, 6) is 3.43. The summed E-state index contributed by atoms with van der Waals surface area (Å²) in [6, 6.07) is 2.45. The molecule has 21 heavy (non-hydrogen) atoms. The fourth-order valence-electron chi connectivity index (χ4n) is 1.45. The van der Waals surface area contributed by atoms with Crippen molar-refractivity contribution in [2.75, 3.05) is 5.43 Å². The number of alkyl halides is 3. The second-order valence-corrected chi connectivity index (χ2v) is 4.85. The molecule has 0 aliphatic heterocycles. The molecule has 0 aliphatic rings. The Morgan fingerprint density at radius 3 is 2.19 bits per heavy atom. The van der Waals surface area contributed by atoms with E-state index in [0.29, 0.717) is 6.07 Å². The third-order valence-corrected chi connectivity index (χ3v) is 2.79. The molecular weight excluding hydrogens is 289 g/mol. The van der Waals surface area contributed by atoms with Gasteiger partial charge in [0.05, 0.1) is 16.8 Å². The maximum Gasteiger partial charge on any atom is 0.416 e.